The Balaban J connectivity index is 1.99. The van der Waals surface area contributed by atoms with E-state index in [0.717, 1.165) is 5.56 Å². The number of nitrogens with zero attached hydrogens (tertiary/aromatic N) is 3. The molecule has 0 aliphatic carbocycles. The second-order valence-electron chi connectivity index (χ2n) is 4.00. The number of pyridine rings is 1. The molecule has 100 valence electrons. The lowest BCUT2D eigenvalue weighted by atomic mass is 10.2. The zero-order chi connectivity index (χ0) is 13.5. The van der Waals surface area contributed by atoms with Gasteiger partial charge in [-0.25, -0.2) is 4.68 Å². The van der Waals surface area contributed by atoms with E-state index in [9.17, 15) is 4.79 Å². The van der Waals surface area contributed by atoms with E-state index in [4.69, 9.17) is 10.5 Å². The highest BCUT2D eigenvalue weighted by Crippen LogP contribution is 2.03. The first-order valence-corrected chi connectivity index (χ1v) is 6.08. The molecule has 0 fully saturated rings. The van der Waals surface area contributed by atoms with Crippen molar-refractivity contribution in [3.8, 4) is 5.75 Å². The van der Waals surface area contributed by atoms with E-state index in [1.165, 1.54) is 16.9 Å². The Morgan fingerprint density at radius 1 is 1.37 bits per heavy atom. The largest absolute Gasteiger partial charge is 0.490 e. The lowest BCUT2D eigenvalue weighted by molar-refractivity contribution is 0.323. The van der Waals surface area contributed by atoms with Gasteiger partial charge in [0, 0.05) is 31.5 Å². The molecule has 6 heteroatoms. The molecule has 2 aromatic rings. The molecule has 0 amide bonds. The fraction of sp³-hybridized carbons (Fsp3) is 0.308. The maximum absolute atomic E-state index is 11.8. The van der Waals surface area contributed by atoms with Gasteiger partial charge >= 0.3 is 0 Å². The summed E-state index contributed by atoms with van der Waals surface area (Å²) < 4.78 is 6.65. The van der Waals surface area contributed by atoms with E-state index in [-0.39, 0.29) is 5.56 Å². The molecule has 2 aromatic heterocycles. The van der Waals surface area contributed by atoms with Gasteiger partial charge in [0.25, 0.3) is 5.56 Å². The molecule has 2 heterocycles. The summed E-state index contributed by atoms with van der Waals surface area (Å²) in [6.07, 6.45) is 5.74. The molecule has 2 N–H and O–H groups in total. The van der Waals surface area contributed by atoms with Gasteiger partial charge in [0.2, 0.25) is 0 Å². The average molecular weight is 260 g/mol. The maximum Gasteiger partial charge on any atom is 0.270 e. The number of rotatable bonds is 6. The minimum atomic E-state index is -0.182. The fourth-order valence-corrected chi connectivity index (χ4v) is 1.62. The Labute approximate surface area is 110 Å². The topological polar surface area (TPSA) is 83.0 Å². The molecule has 0 bridgehead atoms. The van der Waals surface area contributed by atoms with Crippen LogP contribution in [-0.4, -0.2) is 27.9 Å². The van der Waals surface area contributed by atoms with Crippen LogP contribution in [0.1, 0.15) is 5.56 Å². The summed E-state index contributed by atoms with van der Waals surface area (Å²) in [5.74, 6) is 0.452. The van der Waals surface area contributed by atoms with Crippen LogP contribution in [0.15, 0.2) is 41.6 Å². The van der Waals surface area contributed by atoms with Crippen molar-refractivity contribution in [3.63, 3.8) is 0 Å². The summed E-state index contributed by atoms with van der Waals surface area (Å²) >= 11 is 0. The molecule has 2 rings (SSSR count). The second kappa shape index (κ2) is 6.65. The van der Waals surface area contributed by atoms with Crippen LogP contribution in [0.5, 0.6) is 5.75 Å². The summed E-state index contributed by atoms with van der Waals surface area (Å²) in [4.78, 5) is 15.8. The average Bonchev–Trinajstić information content (AvgIpc) is 2.45. The molecule has 19 heavy (non-hydrogen) atoms. The highest BCUT2D eigenvalue weighted by molar-refractivity contribution is 5.14. The molecule has 0 saturated carbocycles. The third-order valence-electron chi connectivity index (χ3n) is 2.57. The number of ether oxygens (including phenoxy) is 1. The molecule has 0 aliphatic rings. The van der Waals surface area contributed by atoms with Crippen molar-refractivity contribution < 1.29 is 4.74 Å². The highest BCUT2D eigenvalue weighted by atomic mass is 16.5. The van der Waals surface area contributed by atoms with Gasteiger partial charge in [-0.1, -0.05) is 6.07 Å². The van der Waals surface area contributed by atoms with Crippen molar-refractivity contribution in [2.24, 2.45) is 5.73 Å². The van der Waals surface area contributed by atoms with Crippen LogP contribution in [0.4, 0.5) is 0 Å². The van der Waals surface area contributed by atoms with Crippen LogP contribution in [0.3, 0.4) is 0 Å². The Morgan fingerprint density at radius 2 is 2.26 bits per heavy atom. The predicted molar refractivity (Wildman–Crippen MR) is 71.0 cm³/mol. The number of hydrogen-bond acceptors (Lipinski definition) is 5. The third kappa shape index (κ3) is 3.89. The van der Waals surface area contributed by atoms with Gasteiger partial charge in [-0.3, -0.25) is 9.78 Å². The first kappa shape index (κ1) is 13.2. The lowest BCUT2D eigenvalue weighted by Crippen LogP contribution is -2.23. The summed E-state index contributed by atoms with van der Waals surface area (Å²) in [5.41, 5.74) is 6.21. The highest BCUT2D eigenvalue weighted by Gasteiger charge is 2.01. The molecule has 0 aliphatic heterocycles. The second-order valence-corrected chi connectivity index (χ2v) is 4.00. The molecule has 0 unspecified atom stereocenters. The summed E-state index contributed by atoms with van der Waals surface area (Å²) in [7, 11) is 0. The Bertz CT molecular complexity index is 568. The monoisotopic (exact) mass is 260 g/mol. The molecule has 0 atom stereocenters. The minimum absolute atomic E-state index is 0.182. The molecular formula is C13H16N4O2. The number of aromatic nitrogens is 3. The molecule has 0 saturated heterocycles. The minimum Gasteiger partial charge on any atom is -0.490 e. The van der Waals surface area contributed by atoms with Crippen LogP contribution >= 0.6 is 0 Å². The van der Waals surface area contributed by atoms with Crippen LogP contribution in [0.2, 0.25) is 0 Å². The van der Waals surface area contributed by atoms with Crippen molar-refractivity contribution in [1.82, 2.24) is 14.8 Å². The third-order valence-corrected chi connectivity index (χ3v) is 2.57. The Kier molecular flexibility index (Phi) is 4.63. The first-order chi connectivity index (χ1) is 9.29. The first-order valence-electron chi connectivity index (χ1n) is 6.08. The normalized spacial score (nSPS) is 10.4. The van der Waals surface area contributed by atoms with Gasteiger partial charge in [0.15, 0.2) is 0 Å². The van der Waals surface area contributed by atoms with Crippen LogP contribution in [0.25, 0.3) is 0 Å². The number of nitrogens with two attached hydrogens (primary N) is 1. The van der Waals surface area contributed by atoms with E-state index in [0.29, 0.717) is 31.9 Å². The molecular weight excluding hydrogens is 244 g/mol. The molecule has 0 aromatic carbocycles. The Morgan fingerprint density at radius 3 is 2.95 bits per heavy atom. The van der Waals surface area contributed by atoms with Gasteiger partial charge in [-0.15, -0.1) is 0 Å². The summed E-state index contributed by atoms with van der Waals surface area (Å²) in [6.45, 7) is 1.30. The maximum atomic E-state index is 11.8. The standard InChI is InChI=1S/C13H16N4O2/c14-4-7-19-12-8-13(18)17(16-10-12)6-3-11-2-1-5-15-9-11/h1-2,5,8-10H,3-4,6-7,14H2. The van der Waals surface area contributed by atoms with E-state index in [2.05, 4.69) is 10.1 Å². The van der Waals surface area contributed by atoms with Gasteiger partial charge in [0.05, 0.1) is 6.20 Å². The predicted octanol–water partition coefficient (Wildman–Crippen LogP) is 0.218. The number of aryl methyl sites for hydroxylation is 2. The molecule has 0 spiro atoms. The quantitative estimate of drug-likeness (QED) is 0.803. The van der Waals surface area contributed by atoms with E-state index in [1.807, 2.05) is 12.1 Å². The van der Waals surface area contributed by atoms with E-state index < -0.39 is 0 Å². The van der Waals surface area contributed by atoms with Crippen molar-refractivity contribution in [2.75, 3.05) is 13.2 Å². The van der Waals surface area contributed by atoms with Gasteiger partial charge < -0.3 is 10.5 Å². The van der Waals surface area contributed by atoms with Crippen molar-refractivity contribution in [2.45, 2.75) is 13.0 Å². The van der Waals surface area contributed by atoms with Crippen molar-refractivity contribution in [3.05, 3.63) is 52.7 Å². The van der Waals surface area contributed by atoms with E-state index >= 15 is 0 Å². The SMILES string of the molecule is NCCOc1cnn(CCc2cccnc2)c(=O)c1. The van der Waals surface area contributed by atoms with Crippen LogP contribution < -0.4 is 16.0 Å². The van der Waals surface area contributed by atoms with Gasteiger partial charge in [0.1, 0.15) is 12.4 Å². The lowest BCUT2D eigenvalue weighted by Gasteiger charge is -2.06. The molecule has 6 nitrogen and oxygen atoms in total. The van der Waals surface area contributed by atoms with Gasteiger partial charge in [-0.2, -0.15) is 5.10 Å². The zero-order valence-electron chi connectivity index (χ0n) is 10.5. The van der Waals surface area contributed by atoms with Crippen molar-refractivity contribution in [1.29, 1.82) is 0 Å². The molecule has 0 radical (unpaired) electrons. The fourth-order valence-electron chi connectivity index (χ4n) is 1.62. The van der Waals surface area contributed by atoms with Crippen LogP contribution in [-0.2, 0) is 13.0 Å². The number of hydrogen-bond donors (Lipinski definition) is 1. The Hall–Kier alpha value is -2.21. The van der Waals surface area contributed by atoms with E-state index in [1.54, 1.807) is 12.4 Å². The summed E-state index contributed by atoms with van der Waals surface area (Å²) in [5, 5.41) is 4.06. The zero-order valence-corrected chi connectivity index (χ0v) is 10.5. The van der Waals surface area contributed by atoms with Crippen LogP contribution in [0, 0.1) is 0 Å². The smallest absolute Gasteiger partial charge is 0.270 e. The van der Waals surface area contributed by atoms with Crippen molar-refractivity contribution >= 4 is 0 Å². The summed E-state index contributed by atoms with van der Waals surface area (Å²) in [6, 6.07) is 5.26. The van der Waals surface area contributed by atoms with Gasteiger partial charge in [-0.05, 0) is 18.1 Å².